The number of hydrogen-bond acceptors (Lipinski definition) is 5. The minimum atomic E-state index is -0.850. The number of rotatable bonds is 63. The van der Waals surface area contributed by atoms with Crippen molar-refractivity contribution in [2.24, 2.45) is 0 Å². The minimum absolute atomic E-state index is 0.0338. The van der Waals surface area contributed by atoms with Gasteiger partial charge in [-0.25, -0.2) is 0 Å². The highest BCUT2D eigenvalue weighted by Crippen LogP contribution is 2.18. The number of allylic oxidation sites excluding steroid dienone is 4. The fourth-order valence-electron chi connectivity index (χ4n) is 10.5. The summed E-state index contributed by atoms with van der Waals surface area (Å²) in [4.78, 5) is 24.5. The van der Waals surface area contributed by atoms with Gasteiger partial charge in [0.2, 0.25) is 5.91 Å². The van der Waals surface area contributed by atoms with E-state index >= 15 is 0 Å². The average molecular weight is 1050 g/mol. The molecule has 1 amide bonds. The number of nitrogens with one attached hydrogen (secondary N) is 1. The number of carbonyl (C=O) groups excluding carboxylic acids is 2. The Morgan fingerprint density at radius 1 is 0.373 bits per heavy atom. The van der Waals surface area contributed by atoms with Crippen molar-refractivity contribution >= 4 is 11.9 Å². The van der Waals surface area contributed by atoms with Gasteiger partial charge in [0, 0.05) is 12.8 Å². The molecule has 3 N–H and O–H groups in total. The molecule has 2 unspecified atom stereocenters. The molecule has 0 aliphatic carbocycles. The van der Waals surface area contributed by atoms with Gasteiger partial charge in [0.25, 0.3) is 0 Å². The van der Waals surface area contributed by atoms with Crippen molar-refractivity contribution in [3.63, 3.8) is 0 Å². The Balaban J connectivity index is 3.47. The molecule has 2 atom stereocenters. The summed E-state index contributed by atoms with van der Waals surface area (Å²) in [5.41, 5.74) is 0. The van der Waals surface area contributed by atoms with Gasteiger partial charge in [-0.05, 0) is 51.4 Å². The third kappa shape index (κ3) is 61.2. The topological polar surface area (TPSA) is 95.9 Å². The van der Waals surface area contributed by atoms with Crippen LogP contribution in [-0.4, -0.2) is 47.4 Å². The normalized spacial score (nSPS) is 12.7. The van der Waals surface area contributed by atoms with Gasteiger partial charge in [0.15, 0.2) is 0 Å². The summed E-state index contributed by atoms with van der Waals surface area (Å²) < 4.78 is 5.42. The van der Waals surface area contributed by atoms with Gasteiger partial charge in [-0.1, -0.05) is 339 Å². The minimum Gasteiger partial charge on any atom is -0.465 e. The van der Waals surface area contributed by atoms with E-state index in [1.54, 1.807) is 6.08 Å². The van der Waals surface area contributed by atoms with Crippen LogP contribution in [0.5, 0.6) is 0 Å². The number of aliphatic hydroxyl groups is 2. The summed E-state index contributed by atoms with van der Waals surface area (Å²) in [5, 5.41) is 23.3. The Kier molecular flexibility index (Phi) is 63.0. The fourth-order valence-corrected chi connectivity index (χ4v) is 10.5. The van der Waals surface area contributed by atoms with E-state index in [1.807, 2.05) is 6.08 Å². The molecular weight excluding hydrogens is 923 g/mol. The van der Waals surface area contributed by atoms with Crippen molar-refractivity contribution < 1.29 is 24.5 Å². The smallest absolute Gasteiger partial charge is 0.305 e. The summed E-state index contributed by atoms with van der Waals surface area (Å²) in [6.07, 6.45) is 82.2. The van der Waals surface area contributed by atoms with E-state index in [-0.39, 0.29) is 18.5 Å². The molecule has 442 valence electrons. The van der Waals surface area contributed by atoms with E-state index < -0.39 is 12.1 Å². The maximum absolute atomic E-state index is 12.5. The SMILES string of the molecule is CCCCCCCCCCCCCCCCCCCCCCCC/C=C/C(O)C(CO)NC(=O)CCCCCCCCCCCCCCCC/C=C\C/C=C\CCOC(=O)CCCCCCCCCCCCCCC. The molecule has 6 nitrogen and oxygen atoms in total. The number of aliphatic hydroxyl groups excluding tert-OH is 2. The zero-order valence-electron chi connectivity index (χ0n) is 50.5. The summed E-state index contributed by atoms with van der Waals surface area (Å²) in [6.45, 7) is 4.82. The van der Waals surface area contributed by atoms with Crippen LogP contribution in [0.25, 0.3) is 0 Å². The zero-order chi connectivity index (χ0) is 54.3. The number of hydrogen-bond donors (Lipinski definition) is 3. The van der Waals surface area contributed by atoms with Crippen LogP contribution in [0.2, 0.25) is 0 Å². The van der Waals surface area contributed by atoms with Crippen molar-refractivity contribution in [2.75, 3.05) is 13.2 Å². The average Bonchev–Trinajstić information content (AvgIpc) is 3.41. The van der Waals surface area contributed by atoms with Gasteiger partial charge in [0.05, 0.1) is 25.4 Å². The van der Waals surface area contributed by atoms with Crippen LogP contribution in [0.15, 0.2) is 36.5 Å². The number of unbranched alkanes of at least 4 members (excludes halogenated alkanes) is 48. The van der Waals surface area contributed by atoms with Crippen LogP contribution < -0.4 is 5.32 Å². The third-order valence-electron chi connectivity index (χ3n) is 15.7. The number of amides is 1. The first-order chi connectivity index (χ1) is 37.0. The van der Waals surface area contributed by atoms with Crippen LogP contribution >= 0.6 is 0 Å². The Morgan fingerprint density at radius 3 is 1.01 bits per heavy atom. The fraction of sp³-hybridized carbons (Fsp3) is 0.884. The molecular formula is C69H131NO5. The number of carbonyl (C=O) groups is 2. The van der Waals surface area contributed by atoms with Crippen molar-refractivity contribution in [3.05, 3.63) is 36.5 Å². The Morgan fingerprint density at radius 2 is 0.667 bits per heavy atom. The van der Waals surface area contributed by atoms with E-state index in [0.29, 0.717) is 19.4 Å². The van der Waals surface area contributed by atoms with Crippen LogP contribution in [0.4, 0.5) is 0 Å². The highest BCUT2D eigenvalue weighted by molar-refractivity contribution is 5.76. The molecule has 0 aromatic heterocycles. The second kappa shape index (κ2) is 64.6. The van der Waals surface area contributed by atoms with Crippen molar-refractivity contribution in [2.45, 2.75) is 379 Å². The van der Waals surface area contributed by atoms with Crippen LogP contribution in [0, 0.1) is 0 Å². The molecule has 6 heteroatoms. The van der Waals surface area contributed by atoms with E-state index in [0.717, 1.165) is 51.4 Å². The van der Waals surface area contributed by atoms with Gasteiger partial charge in [-0.3, -0.25) is 9.59 Å². The van der Waals surface area contributed by atoms with E-state index in [2.05, 4.69) is 43.5 Å². The summed E-state index contributed by atoms with van der Waals surface area (Å²) in [5.74, 6) is -0.103. The second-order valence-corrected chi connectivity index (χ2v) is 23.2. The van der Waals surface area contributed by atoms with Crippen molar-refractivity contribution in [3.8, 4) is 0 Å². The molecule has 0 aromatic rings. The summed E-state index contributed by atoms with van der Waals surface area (Å²) in [7, 11) is 0. The molecule has 0 aromatic carbocycles. The first-order valence-electron chi connectivity index (χ1n) is 33.8. The molecule has 0 saturated carbocycles. The largest absolute Gasteiger partial charge is 0.465 e. The van der Waals surface area contributed by atoms with Crippen molar-refractivity contribution in [1.29, 1.82) is 0 Å². The first kappa shape index (κ1) is 73.1. The quantitative estimate of drug-likeness (QED) is 0.0320. The number of esters is 1. The lowest BCUT2D eigenvalue weighted by atomic mass is 10.0. The maximum atomic E-state index is 12.5. The molecule has 0 fully saturated rings. The zero-order valence-corrected chi connectivity index (χ0v) is 50.5. The molecule has 0 rings (SSSR count). The van der Waals surface area contributed by atoms with Gasteiger partial charge in [-0.15, -0.1) is 0 Å². The van der Waals surface area contributed by atoms with Gasteiger partial charge in [-0.2, -0.15) is 0 Å². The molecule has 0 bridgehead atoms. The summed E-state index contributed by atoms with van der Waals surface area (Å²) >= 11 is 0. The highest BCUT2D eigenvalue weighted by Gasteiger charge is 2.18. The molecule has 75 heavy (non-hydrogen) atoms. The van der Waals surface area contributed by atoms with Crippen LogP contribution in [0.3, 0.4) is 0 Å². The lowest BCUT2D eigenvalue weighted by Gasteiger charge is -2.20. The maximum Gasteiger partial charge on any atom is 0.305 e. The number of ether oxygens (including phenoxy) is 1. The van der Waals surface area contributed by atoms with Gasteiger partial charge >= 0.3 is 5.97 Å². The van der Waals surface area contributed by atoms with Crippen LogP contribution in [0.1, 0.15) is 367 Å². The monoisotopic (exact) mass is 1050 g/mol. The Labute approximate surface area is 468 Å². The lowest BCUT2D eigenvalue weighted by Crippen LogP contribution is -2.45. The molecule has 0 aliphatic heterocycles. The highest BCUT2D eigenvalue weighted by atomic mass is 16.5. The molecule has 0 aliphatic rings. The van der Waals surface area contributed by atoms with Crippen molar-refractivity contribution in [1.82, 2.24) is 5.32 Å². The van der Waals surface area contributed by atoms with E-state index in [1.165, 1.54) is 289 Å². The Hall–Kier alpha value is -1.92. The standard InChI is InChI=1S/C69H131NO5/c1-3-5-7-9-11-13-15-17-18-19-20-21-22-23-25-28-31-34-38-41-45-49-53-57-61-67(72)66(65-71)70-68(73)62-58-54-50-46-42-39-35-32-29-26-24-27-30-33-36-40-44-48-52-56-60-64-75-69(74)63-59-55-51-47-43-37-16-14-12-10-8-6-4-2/h40,44,52,56-57,61,66-67,71-72H,3-39,41-43,45-51,53-55,58-60,62-65H2,1-2H3,(H,70,73)/b44-40-,56-52-,61-57+. The summed E-state index contributed by atoms with van der Waals surface area (Å²) in [6, 6.07) is -0.633. The molecule has 0 radical (unpaired) electrons. The van der Waals surface area contributed by atoms with Gasteiger partial charge < -0.3 is 20.3 Å². The second-order valence-electron chi connectivity index (χ2n) is 23.2. The van der Waals surface area contributed by atoms with E-state index in [4.69, 9.17) is 4.74 Å². The van der Waals surface area contributed by atoms with Gasteiger partial charge in [0.1, 0.15) is 0 Å². The molecule has 0 saturated heterocycles. The predicted molar refractivity (Wildman–Crippen MR) is 329 cm³/mol. The van der Waals surface area contributed by atoms with E-state index in [9.17, 15) is 19.8 Å². The molecule has 0 spiro atoms. The predicted octanol–water partition coefficient (Wildman–Crippen LogP) is 21.5. The third-order valence-corrected chi connectivity index (χ3v) is 15.7. The Bertz CT molecular complexity index is 1210. The first-order valence-corrected chi connectivity index (χ1v) is 33.8. The lowest BCUT2D eigenvalue weighted by molar-refractivity contribution is -0.143. The molecule has 0 heterocycles. The van der Waals surface area contributed by atoms with Crippen LogP contribution in [-0.2, 0) is 14.3 Å².